The highest BCUT2D eigenvalue weighted by molar-refractivity contribution is 14.1. The molecular formula is C14H20IN3O. The van der Waals surface area contributed by atoms with Crippen LogP contribution in [0, 0.1) is 9.49 Å². The second-order valence-corrected chi connectivity index (χ2v) is 6.17. The second-order valence-electron chi connectivity index (χ2n) is 5.01. The van der Waals surface area contributed by atoms with Gasteiger partial charge in [0.1, 0.15) is 0 Å². The molecule has 1 heterocycles. The number of hydrogen-bond donors (Lipinski definition) is 2. The number of carbonyl (C=O) groups is 1. The van der Waals surface area contributed by atoms with Crippen LogP contribution in [0.5, 0.6) is 0 Å². The van der Waals surface area contributed by atoms with Crippen molar-refractivity contribution in [3.63, 3.8) is 0 Å². The number of anilines is 1. The van der Waals surface area contributed by atoms with E-state index >= 15 is 0 Å². The molecule has 1 aromatic carbocycles. The smallest absolute Gasteiger partial charge is 0.238 e. The van der Waals surface area contributed by atoms with Gasteiger partial charge >= 0.3 is 0 Å². The molecule has 0 aromatic heterocycles. The van der Waals surface area contributed by atoms with Crippen molar-refractivity contribution in [2.45, 2.75) is 12.8 Å². The van der Waals surface area contributed by atoms with Gasteiger partial charge in [0.05, 0.1) is 12.2 Å². The van der Waals surface area contributed by atoms with Gasteiger partial charge in [-0.05, 0) is 66.6 Å². The standard InChI is InChI=1S/C14H20IN3O/c15-12-5-1-2-6-13(12)17-14(19)10-18-7-3-4-11(8-16)9-18/h1-2,5-6,11H,3-4,7-10,16H2,(H,17,19). The molecule has 3 N–H and O–H groups in total. The highest BCUT2D eigenvalue weighted by atomic mass is 127. The van der Waals surface area contributed by atoms with Crippen LogP contribution in [0.3, 0.4) is 0 Å². The Morgan fingerprint density at radius 1 is 1.47 bits per heavy atom. The third-order valence-electron chi connectivity index (χ3n) is 3.45. The minimum Gasteiger partial charge on any atom is -0.330 e. The fraction of sp³-hybridized carbons (Fsp3) is 0.500. The van der Waals surface area contributed by atoms with Crippen LogP contribution < -0.4 is 11.1 Å². The fourth-order valence-electron chi connectivity index (χ4n) is 2.44. The van der Waals surface area contributed by atoms with Crippen molar-refractivity contribution in [3.05, 3.63) is 27.8 Å². The lowest BCUT2D eigenvalue weighted by atomic mass is 9.98. The number of piperidine rings is 1. The van der Waals surface area contributed by atoms with Crippen molar-refractivity contribution >= 4 is 34.2 Å². The number of hydrogen-bond acceptors (Lipinski definition) is 3. The van der Waals surface area contributed by atoms with E-state index in [-0.39, 0.29) is 5.91 Å². The van der Waals surface area contributed by atoms with E-state index in [0.717, 1.165) is 28.8 Å². The van der Waals surface area contributed by atoms with E-state index in [4.69, 9.17) is 5.73 Å². The third kappa shape index (κ3) is 4.43. The molecule has 104 valence electrons. The van der Waals surface area contributed by atoms with E-state index < -0.39 is 0 Å². The summed E-state index contributed by atoms with van der Waals surface area (Å²) >= 11 is 2.23. The van der Waals surface area contributed by atoms with Crippen LogP contribution >= 0.6 is 22.6 Å². The Bertz CT molecular complexity index is 438. The number of para-hydroxylation sites is 1. The molecule has 1 amide bonds. The summed E-state index contributed by atoms with van der Waals surface area (Å²) < 4.78 is 1.06. The number of amides is 1. The lowest BCUT2D eigenvalue weighted by Gasteiger charge is -2.31. The van der Waals surface area contributed by atoms with Crippen molar-refractivity contribution < 1.29 is 4.79 Å². The molecule has 1 aliphatic rings. The Kier molecular flexibility index (Phi) is 5.59. The van der Waals surface area contributed by atoms with Gasteiger partial charge in [0, 0.05) is 10.1 Å². The van der Waals surface area contributed by atoms with Crippen LogP contribution in [0.4, 0.5) is 5.69 Å². The number of carbonyl (C=O) groups excluding carboxylic acids is 1. The lowest BCUT2D eigenvalue weighted by Crippen LogP contribution is -2.42. The molecular weight excluding hydrogens is 353 g/mol. The Morgan fingerprint density at radius 2 is 2.26 bits per heavy atom. The zero-order chi connectivity index (χ0) is 13.7. The average Bonchev–Trinajstić information content (AvgIpc) is 2.41. The molecule has 0 bridgehead atoms. The van der Waals surface area contributed by atoms with E-state index in [0.29, 0.717) is 19.0 Å². The van der Waals surface area contributed by atoms with Crippen molar-refractivity contribution in [2.75, 3.05) is 31.5 Å². The summed E-state index contributed by atoms with van der Waals surface area (Å²) in [5.41, 5.74) is 6.60. The zero-order valence-corrected chi connectivity index (χ0v) is 13.1. The van der Waals surface area contributed by atoms with Gasteiger partial charge in [0.2, 0.25) is 5.91 Å². The minimum absolute atomic E-state index is 0.0572. The van der Waals surface area contributed by atoms with Gasteiger partial charge in [-0.3, -0.25) is 9.69 Å². The number of nitrogens with zero attached hydrogens (tertiary/aromatic N) is 1. The number of rotatable bonds is 4. The summed E-state index contributed by atoms with van der Waals surface area (Å²) in [5.74, 6) is 0.597. The van der Waals surface area contributed by atoms with E-state index in [9.17, 15) is 4.79 Å². The molecule has 5 heteroatoms. The van der Waals surface area contributed by atoms with Gasteiger partial charge in [0.25, 0.3) is 0 Å². The highest BCUT2D eigenvalue weighted by Crippen LogP contribution is 2.18. The minimum atomic E-state index is 0.0572. The van der Waals surface area contributed by atoms with Crippen LogP contribution in [0.15, 0.2) is 24.3 Å². The van der Waals surface area contributed by atoms with Crippen LogP contribution in [0.25, 0.3) is 0 Å². The SMILES string of the molecule is NCC1CCCN(CC(=O)Nc2ccccc2I)C1. The number of halogens is 1. The van der Waals surface area contributed by atoms with E-state index in [1.165, 1.54) is 6.42 Å². The summed E-state index contributed by atoms with van der Waals surface area (Å²) in [6, 6.07) is 7.82. The number of nitrogens with two attached hydrogens (primary N) is 1. The summed E-state index contributed by atoms with van der Waals surface area (Å²) in [6.07, 6.45) is 2.32. The number of likely N-dealkylation sites (tertiary alicyclic amines) is 1. The van der Waals surface area contributed by atoms with Gasteiger partial charge < -0.3 is 11.1 Å². The van der Waals surface area contributed by atoms with Crippen LogP contribution in [0.1, 0.15) is 12.8 Å². The molecule has 19 heavy (non-hydrogen) atoms. The quantitative estimate of drug-likeness (QED) is 0.793. The average molecular weight is 373 g/mol. The Labute approximate surface area is 127 Å². The monoisotopic (exact) mass is 373 g/mol. The Hall–Kier alpha value is -0.660. The van der Waals surface area contributed by atoms with E-state index in [1.54, 1.807) is 0 Å². The van der Waals surface area contributed by atoms with E-state index in [1.807, 2.05) is 24.3 Å². The van der Waals surface area contributed by atoms with Crippen molar-refractivity contribution in [1.82, 2.24) is 4.90 Å². The van der Waals surface area contributed by atoms with Gasteiger partial charge in [-0.15, -0.1) is 0 Å². The summed E-state index contributed by atoms with van der Waals surface area (Å²) in [4.78, 5) is 14.2. The predicted molar refractivity (Wildman–Crippen MR) is 86.0 cm³/mol. The van der Waals surface area contributed by atoms with Crippen molar-refractivity contribution in [2.24, 2.45) is 11.7 Å². The molecule has 2 rings (SSSR count). The molecule has 0 saturated carbocycles. The Morgan fingerprint density at radius 3 is 3.00 bits per heavy atom. The van der Waals surface area contributed by atoms with Crippen LogP contribution in [0.2, 0.25) is 0 Å². The lowest BCUT2D eigenvalue weighted by molar-refractivity contribution is -0.117. The topological polar surface area (TPSA) is 58.4 Å². The summed E-state index contributed by atoms with van der Waals surface area (Å²) in [5, 5.41) is 2.97. The zero-order valence-electron chi connectivity index (χ0n) is 10.9. The Balaban J connectivity index is 1.86. The number of nitrogens with one attached hydrogen (secondary N) is 1. The molecule has 4 nitrogen and oxygen atoms in total. The van der Waals surface area contributed by atoms with Crippen molar-refractivity contribution in [3.8, 4) is 0 Å². The summed E-state index contributed by atoms with van der Waals surface area (Å²) in [6.45, 7) is 3.11. The van der Waals surface area contributed by atoms with E-state index in [2.05, 4.69) is 32.8 Å². The van der Waals surface area contributed by atoms with Gasteiger partial charge in [-0.2, -0.15) is 0 Å². The molecule has 1 aromatic rings. The maximum atomic E-state index is 12.0. The number of benzene rings is 1. The largest absolute Gasteiger partial charge is 0.330 e. The second kappa shape index (κ2) is 7.21. The molecule has 1 unspecified atom stereocenters. The molecule has 0 radical (unpaired) electrons. The normalized spacial score (nSPS) is 20.2. The summed E-state index contributed by atoms with van der Waals surface area (Å²) in [7, 11) is 0. The molecule has 1 saturated heterocycles. The third-order valence-corrected chi connectivity index (χ3v) is 4.39. The first-order valence-electron chi connectivity index (χ1n) is 6.66. The maximum Gasteiger partial charge on any atom is 0.238 e. The van der Waals surface area contributed by atoms with Gasteiger partial charge in [0.15, 0.2) is 0 Å². The van der Waals surface area contributed by atoms with Crippen LogP contribution in [-0.2, 0) is 4.79 Å². The van der Waals surface area contributed by atoms with Crippen LogP contribution in [-0.4, -0.2) is 37.0 Å². The van der Waals surface area contributed by atoms with Crippen molar-refractivity contribution in [1.29, 1.82) is 0 Å². The predicted octanol–water partition coefficient (Wildman–Crippen LogP) is 1.90. The first kappa shape index (κ1) is 14.7. The molecule has 0 aliphatic carbocycles. The van der Waals surface area contributed by atoms with Gasteiger partial charge in [-0.25, -0.2) is 0 Å². The maximum absolute atomic E-state index is 12.0. The molecule has 1 fully saturated rings. The molecule has 1 atom stereocenters. The molecule has 1 aliphatic heterocycles. The first-order valence-corrected chi connectivity index (χ1v) is 7.73. The molecule has 0 spiro atoms. The van der Waals surface area contributed by atoms with Gasteiger partial charge in [-0.1, -0.05) is 12.1 Å². The first-order chi connectivity index (χ1) is 9.19. The fourth-order valence-corrected chi connectivity index (χ4v) is 2.96. The highest BCUT2D eigenvalue weighted by Gasteiger charge is 2.20.